The maximum absolute atomic E-state index is 13.3. The molecule has 3 aromatic heterocycles. The van der Waals surface area contributed by atoms with Gasteiger partial charge in [0.15, 0.2) is 5.82 Å². The van der Waals surface area contributed by atoms with E-state index in [1.54, 1.807) is 24.3 Å². The zero-order valence-electron chi connectivity index (χ0n) is 15.2. The van der Waals surface area contributed by atoms with Gasteiger partial charge < -0.3 is 10.6 Å². The van der Waals surface area contributed by atoms with Crippen LogP contribution in [0.5, 0.6) is 0 Å². The van der Waals surface area contributed by atoms with Gasteiger partial charge in [0.1, 0.15) is 10.8 Å². The average molecular weight is 388 g/mol. The number of aromatic nitrogens is 5. The smallest absolute Gasteiger partial charge is 0.232 e. The maximum atomic E-state index is 13.3. The Hall–Kier alpha value is -2.87. The topological polar surface area (TPSA) is 88.5 Å². The normalized spacial score (nSPS) is 11.3. The van der Waals surface area contributed by atoms with Crippen LogP contribution < -0.4 is 10.6 Å². The monoisotopic (exact) mass is 387 g/mol. The van der Waals surface area contributed by atoms with Gasteiger partial charge in [-0.25, -0.2) is 9.97 Å². The molecule has 0 unspecified atom stereocenters. The first-order chi connectivity index (χ1) is 12.8. The Morgan fingerprint density at radius 1 is 1.04 bits per heavy atom. The van der Waals surface area contributed by atoms with Crippen molar-refractivity contribution in [2.45, 2.75) is 20.8 Å². The minimum Gasteiger partial charge on any atom is -0.354 e. The third kappa shape index (κ3) is 5.55. The molecule has 7 nitrogen and oxygen atoms in total. The van der Waals surface area contributed by atoms with Crippen LogP contribution in [-0.2, 0) is 0 Å². The second kappa shape index (κ2) is 7.79. The van der Waals surface area contributed by atoms with Crippen LogP contribution in [0.1, 0.15) is 20.8 Å². The van der Waals surface area contributed by atoms with Crippen molar-refractivity contribution in [3.63, 3.8) is 0 Å². The molecule has 0 saturated carbocycles. The predicted molar refractivity (Wildman–Crippen MR) is 103 cm³/mol. The van der Waals surface area contributed by atoms with Crippen LogP contribution in [0.3, 0.4) is 0 Å². The van der Waals surface area contributed by atoms with E-state index in [0.29, 0.717) is 34.9 Å². The van der Waals surface area contributed by atoms with Crippen LogP contribution in [0.4, 0.5) is 22.0 Å². The van der Waals surface area contributed by atoms with Crippen LogP contribution in [0, 0.1) is 11.4 Å². The van der Waals surface area contributed by atoms with Crippen LogP contribution >= 0.6 is 11.6 Å². The summed E-state index contributed by atoms with van der Waals surface area (Å²) in [7, 11) is 0. The first-order valence-corrected chi connectivity index (χ1v) is 8.68. The summed E-state index contributed by atoms with van der Waals surface area (Å²) in [5.74, 6) is 0.385. The fourth-order valence-corrected chi connectivity index (χ4v) is 2.28. The maximum Gasteiger partial charge on any atom is 0.232 e. The highest BCUT2D eigenvalue weighted by molar-refractivity contribution is 6.29. The summed E-state index contributed by atoms with van der Waals surface area (Å²) >= 11 is 5.98. The molecular weight excluding hydrogens is 369 g/mol. The van der Waals surface area contributed by atoms with E-state index in [1.807, 2.05) is 0 Å². The fraction of sp³-hybridized carbons (Fsp3) is 0.278. The van der Waals surface area contributed by atoms with Gasteiger partial charge in [0.25, 0.3) is 0 Å². The molecule has 0 radical (unpaired) electrons. The molecule has 0 aliphatic carbocycles. The van der Waals surface area contributed by atoms with E-state index in [0.717, 1.165) is 0 Å². The lowest BCUT2D eigenvalue weighted by Crippen LogP contribution is -2.21. The fourth-order valence-electron chi connectivity index (χ4n) is 2.11. The Morgan fingerprint density at radius 3 is 2.52 bits per heavy atom. The molecule has 3 rings (SSSR count). The lowest BCUT2D eigenvalue weighted by molar-refractivity contribution is 0.442. The van der Waals surface area contributed by atoms with E-state index in [-0.39, 0.29) is 11.4 Å². The van der Waals surface area contributed by atoms with Crippen LogP contribution in [0.2, 0.25) is 5.15 Å². The lowest BCUT2D eigenvalue weighted by Gasteiger charge is -2.19. The third-order valence-corrected chi connectivity index (χ3v) is 3.55. The summed E-state index contributed by atoms with van der Waals surface area (Å²) in [6.07, 6.45) is 1.36. The van der Waals surface area contributed by atoms with Crippen molar-refractivity contribution in [2.75, 3.05) is 17.2 Å². The van der Waals surface area contributed by atoms with Gasteiger partial charge >= 0.3 is 0 Å². The van der Waals surface area contributed by atoms with E-state index in [4.69, 9.17) is 11.6 Å². The van der Waals surface area contributed by atoms with Gasteiger partial charge in [-0.2, -0.15) is 19.3 Å². The molecule has 0 fully saturated rings. The molecule has 0 aromatic carbocycles. The largest absolute Gasteiger partial charge is 0.354 e. The molecule has 0 saturated heterocycles. The second-order valence-corrected chi connectivity index (χ2v) is 7.45. The first kappa shape index (κ1) is 18.9. The van der Waals surface area contributed by atoms with Crippen molar-refractivity contribution >= 4 is 29.2 Å². The molecular formula is C18H19ClFN7. The van der Waals surface area contributed by atoms with Crippen molar-refractivity contribution in [1.29, 1.82) is 0 Å². The number of hydrogen-bond acceptors (Lipinski definition) is 7. The Balaban J connectivity index is 1.97. The predicted octanol–water partition coefficient (Wildman–Crippen LogP) is 4.32. The zero-order valence-corrected chi connectivity index (χ0v) is 15.9. The number of hydrogen-bond donors (Lipinski definition) is 2. The van der Waals surface area contributed by atoms with Crippen molar-refractivity contribution in [2.24, 2.45) is 5.41 Å². The molecule has 0 amide bonds. The Labute approximate surface area is 161 Å². The molecule has 0 bridgehead atoms. The Kier molecular flexibility index (Phi) is 5.46. The van der Waals surface area contributed by atoms with Gasteiger partial charge in [-0.15, -0.1) is 0 Å². The van der Waals surface area contributed by atoms with Gasteiger partial charge in [0.2, 0.25) is 17.8 Å². The summed E-state index contributed by atoms with van der Waals surface area (Å²) in [6, 6.07) is 8.06. The third-order valence-electron chi connectivity index (χ3n) is 3.34. The summed E-state index contributed by atoms with van der Waals surface area (Å²) in [5.41, 5.74) is 1.01. The molecule has 3 aromatic rings. The number of pyridine rings is 2. The molecule has 140 valence electrons. The van der Waals surface area contributed by atoms with Crippen LogP contribution in [0.25, 0.3) is 11.5 Å². The number of rotatable bonds is 5. The second-order valence-electron chi connectivity index (χ2n) is 7.06. The number of anilines is 3. The van der Waals surface area contributed by atoms with Crippen LogP contribution in [-0.4, -0.2) is 31.5 Å². The minimum absolute atomic E-state index is 0.0307. The molecule has 2 N–H and O–H groups in total. The van der Waals surface area contributed by atoms with Crippen molar-refractivity contribution in [3.8, 4) is 11.5 Å². The summed E-state index contributed by atoms with van der Waals surface area (Å²) in [5, 5.41) is 6.50. The highest BCUT2D eigenvalue weighted by atomic mass is 35.5. The van der Waals surface area contributed by atoms with Gasteiger partial charge in [-0.1, -0.05) is 38.4 Å². The standard InChI is InChI=1S/C18H19ClFN7/c1-18(2,3)10-22-16-25-15(12-5-4-6-13(19)24-12)26-17(27-16)23-11-7-8-21-14(20)9-11/h4-9H,10H2,1-3H3,(H2,21,22,23,25,26,27). The molecule has 0 spiro atoms. The van der Waals surface area contributed by atoms with Gasteiger partial charge in [-0.3, -0.25) is 0 Å². The SMILES string of the molecule is CC(C)(C)CNc1nc(Nc2ccnc(F)c2)nc(-c2cccc(Cl)n2)n1. The van der Waals surface area contributed by atoms with Crippen molar-refractivity contribution in [1.82, 2.24) is 24.9 Å². The molecule has 0 aliphatic rings. The number of nitrogens with one attached hydrogen (secondary N) is 2. The molecule has 9 heteroatoms. The molecule has 27 heavy (non-hydrogen) atoms. The summed E-state index contributed by atoms with van der Waals surface area (Å²) in [6.45, 7) is 6.95. The lowest BCUT2D eigenvalue weighted by atomic mass is 9.97. The quantitative estimate of drug-likeness (QED) is 0.630. The van der Waals surface area contributed by atoms with E-state index in [9.17, 15) is 4.39 Å². The van der Waals surface area contributed by atoms with Gasteiger partial charge in [-0.05, 0) is 23.6 Å². The van der Waals surface area contributed by atoms with E-state index in [1.165, 1.54) is 12.3 Å². The van der Waals surface area contributed by atoms with E-state index >= 15 is 0 Å². The Bertz CT molecular complexity index is 943. The highest BCUT2D eigenvalue weighted by Crippen LogP contribution is 2.21. The van der Waals surface area contributed by atoms with E-state index < -0.39 is 5.95 Å². The molecule has 0 aliphatic heterocycles. The average Bonchev–Trinajstić information content (AvgIpc) is 2.59. The number of nitrogens with zero attached hydrogens (tertiary/aromatic N) is 5. The number of halogens is 2. The Morgan fingerprint density at radius 2 is 1.81 bits per heavy atom. The van der Waals surface area contributed by atoms with Gasteiger partial charge in [0.05, 0.1) is 0 Å². The summed E-state index contributed by atoms with van der Waals surface area (Å²) < 4.78 is 13.3. The molecule has 3 heterocycles. The highest BCUT2D eigenvalue weighted by Gasteiger charge is 2.14. The van der Waals surface area contributed by atoms with Crippen LogP contribution in [0.15, 0.2) is 36.5 Å². The van der Waals surface area contributed by atoms with Crippen molar-refractivity contribution in [3.05, 3.63) is 47.6 Å². The van der Waals surface area contributed by atoms with E-state index in [2.05, 4.69) is 56.3 Å². The van der Waals surface area contributed by atoms with Gasteiger partial charge in [0, 0.05) is 24.5 Å². The molecule has 0 atom stereocenters. The van der Waals surface area contributed by atoms with Crippen molar-refractivity contribution < 1.29 is 4.39 Å². The zero-order chi connectivity index (χ0) is 19.4. The first-order valence-electron chi connectivity index (χ1n) is 8.30. The summed E-state index contributed by atoms with van der Waals surface area (Å²) in [4.78, 5) is 20.9. The minimum atomic E-state index is -0.600.